The van der Waals surface area contributed by atoms with Crippen LogP contribution in [0.15, 0.2) is 66.7 Å². The molecule has 1 amide bonds. The first-order chi connectivity index (χ1) is 13.7. The monoisotopic (exact) mass is 373 g/mol. The van der Waals surface area contributed by atoms with Crippen molar-refractivity contribution in [2.45, 2.75) is 6.61 Å². The Morgan fingerprint density at radius 2 is 1.82 bits per heavy atom. The van der Waals surface area contributed by atoms with Crippen LogP contribution in [0.1, 0.15) is 15.9 Å². The minimum absolute atomic E-state index is 0.224. The molecule has 1 heterocycles. The maximum absolute atomic E-state index is 11.6. The summed E-state index contributed by atoms with van der Waals surface area (Å²) >= 11 is 0. The van der Waals surface area contributed by atoms with Crippen molar-refractivity contribution < 1.29 is 14.3 Å². The minimum Gasteiger partial charge on any atom is -0.496 e. The number of aromatic amines is 1. The Hall–Kier alpha value is -3.80. The highest BCUT2D eigenvalue weighted by Crippen LogP contribution is 2.28. The van der Waals surface area contributed by atoms with E-state index in [4.69, 9.17) is 15.2 Å². The number of rotatable bonds is 6. The summed E-state index contributed by atoms with van der Waals surface area (Å²) in [5.74, 6) is 1.36. The second kappa shape index (κ2) is 7.44. The second-order valence-corrected chi connectivity index (χ2v) is 6.28. The molecule has 3 N–H and O–H groups in total. The van der Waals surface area contributed by atoms with Crippen molar-refractivity contribution in [2.75, 3.05) is 7.11 Å². The SMILES string of the molecule is COc1ccc(-c2nc3ccccc3[nH]2)cc1COc1ccccc1C(N)=O. The predicted molar refractivity (Wildman–Crippen MR) is 107 cm³/mol. The van der Waals surface area contributed by atoms with Gasteiger partial charge in [-0.05, 0) is 42.5 Å². The third-order valence-electron chi connectivity index (χ3n) is 4.48. The molecule has 0 radical (unpaired) electrons. The number of para-hydroxylation sites is 3. The fourth-order valence-corrected chi connectivity index (χ4v) is 3.08. The number of primary amides is 1. The number of hydrogen-bond acceptors (Lipinski definition) is 4. The van der Waals surface area contributed by atoms with Gasteiger partial charge in [-0.15, -0.1) is 0 Å². The van der Waals surface area contributed by atoms with Crippen LogP contribution in [0.4, 0.5) is 0 Å². The van der Waals surface area contributed by atoms with Crippen LogP contribution in [0.3, 0.4) is 0 Å². The summed E-state index contributed by atoms with van der Waals surface area (Å²) in [5, 5.41) is 0. The van der Waals surface area contributed by atoms with E-state index in [0.29, 0.717) is 17.1 Å². The van der Waals surface area contributed by atoms with Gasteiger partial charge in [0.05, 0.1) is 23.7 Å². The Morgan fingerprint density at radius 1 is 1.04 bits per heavy atom. The van der Waals surface area contributed by atoms with Gasteiger partial charge < -0.3 is 20.2 Å². The van der Waals surface area contributed by atoms with Crippen LogP contribution in [0.2, 0.25) is 0 Å². The third-order valence-corrected chi connectivity index (χ3v) is 4.48. The number of carbonyl (C=O) groups is 1. The number of H-pyrrole nitrogens is 1. The maximum atomic E-state index is 11.6. The number of nitrogens with one attached hydrogen (secondary N) is 1. The first-order valence-corrected chi connectivity index (χ1v) is 8.79. The second-order valence-electron chi connectivity index (χ2n) is 6.28. The smallest absolute Gasteiger partial charge is 0.252 e. The van der Waals surface area contributed by atoms with Crippen molar-refractivity contribution in [3.63, 3.8) is 0 Å². The average molecular weight is 373 g/mol. The highest BCUT2D eigenvalue weighted by Gasteiger charge is 2.12. The molecule has 0 saturated heterocycles. The zero-order chi connectivity index (χ0) is 19.5. The normalized spacial score (nSPS) is 10.8. The number of ether oxygens (including phenoxy) is 2. The van der Waals surface area contributed by atoms with Crippen molar-refractivity contribution >= 4 is 16.9 Å². The Labute approximate surface area is 161 Å². The Morgan fingerprint density at radius 3 is 2.61 bits per heavy atom. The molecular weight excluding hydrogens is 354 g/mol. The molecule has 0 unspecified atom stereocenters. The molecule has 4 aromatic rings. The van der Waals surface area contributed by atoms with E-state index in [1.165, 1.54) is 0 Å². The van der Waals surface area contributed by atoms with Gasteiger partial charge in [0.2, 0.25) is 0 Å². The maximum Gasteiger partial charge on any atom is 0.252 e. The van der Waals surface area contributed by atoms with Crippen LogP contribution in [-0.2, 0) is 6.61 Å². The van der Waals surface area contributed by atoms with Crippen LogP contribution < -0.4 is 15.2 Å². The van der Waals surface area contributed by atoms with E-state index in [1.54, 1.807) is 31.4 Å². The number of nitrogens with zero attached hydrogens (tertiary/aromatic N) is 1. The number of aromatic nitrogens is 2. The summed E-state index contributed by atoms with van der Waals surface area (Å²) in [6, 6.07) is 20.5. The lowest BCUT2D eigenvalue weighted by atomic mass is 10.1. The topological polar surface area (TPSA) is 90.2 Å². The molecule has 0 atom stereocenters. The largest absolute Gasteiger partial charge is 0.496 e. The molecule has 0 aliphatic carbocycles. The quantitative estimate of drug-likeness (QED) is 0.536. The van der Waals surface area contributed by atoms with E-state index in [-0.39, 0.29) is 6.61 Å². The lowest BCUT2D eigenvalue weighted by Crippen LogP contribution is -2.13. The Kier molecular flexibility index (Phi) is 4.68. The van der Waals surface area contributed by atoms with Gasteiger partial charge in [0, 0.05) is 11.1 Å². The molecule has 28 heavy (non-hydrogen) atoms. The van der Waals surface area contributed by atoms with Crippen molar-refractivity contribution in [1.82, 2.24) is 9.97 Å². The van der Waals surface area contributed by atoms with Crippen LogP contribution in [-0.4, -0.2) is 23.0 Å². The number of benzene rings is 3. The predicted octanol–water partition coefficient (Wildman–Crippen LogP) is 3.92. The highest BCUT2D eigenvalue weighted by molar-refractivity contribution is 5.95. The Bertz CT molecular complexity index is 1120. The van der Waals surface area contributed by atoms with E-state index in [2.05, 4.69) is 9.97 Å². The van der Waals surface area contributed by atoms with Crippen molar-refractivity contribution in [2.24, 2.45) is 5.73 Å². The number of amides is 1. The number of fused-ring (bicyclic) bond motifs is 1. The van der Waals surface area contributed by atoms with E-state index in [0.717, 1.165) is 28.0 Å². The van der Waals surface area contributed by atoms with Gasteiger partial charge in [-0.25, -0.2) is 4.98 Å². The van der Waals surface area contributed by atoms with E-state index < -0.39 is 5.91 Å². The molecule has 6 heteroatoms. The Balaban J connectivity index is 1.65. The van der Waals surface area contributed by atoms with Gasteiger partial charge in [0.15, 0.2) is 0 Å². The summed E-state index contributed by atoms with van der Waals surface area (Å²) in [7, 11) is 1.61. The van der Waals surface area contributed by atoms with Crippen LogP contribution >= 0.6 is 0 Å². The number of nitrogens with two attached hydrogens (primary N) is 1. The standard InChI is InChI=1S/C22H19N3O3/c1-27-19-11-10-14(22-24-17-7-3-4-8-18(17)25-22)12-15(19)13-28-20-9-5-2-6-16(20)21(23)26/h2-12H,13H2,1H3,(H2,23,26)(H,24,25). The molecule has 0 aliphatic heterocycles. The minimum atomic E-state index is -0.529. The summed E-state index contributed by atoms with van der Waals surface area (Å²) in [5.41, 5.74) is 9.39. The number of carbonyl (C=O) groups excluding carboxylic acids is 1. The zero-order valence-electron chi connectivity index (χ0n) is 15.3. The van der Waals surface area contributed by atoms with Gasteiger partial charge in [0.1, 0.15) is 23.9 Å². The van der Waals surface area contributed by atoms with Gasteiger partial charge in [-0.2, -0.15) is 0 Å². The molecule has 0 spiro atoms. The lowest BCUT2D eigenvalue weighted by Gasteiger charge is -2.13. The van der Waals surface area contributed by atoms with Crippen molar-refractivity contribution in [3.05, 3.63) is 77.9 Å². The number of methoxy groups -OCH3 is 1. The van der Waals surface area contributed by atoms with Gasteiger partial charge in [0.25, 0.3) is 5.91 Å². The number of imidazole rings is 1. The van der Waals surface area contributed by atoms with Crippen LogP contribution in [0.5, 0.6) is 11.5 Å². The molecule has 1 aromatic heterocycles. The van der Waals surface area contributed by atoms with Crippen molar-refractivity contribution in [1.29, 1.82) is 0 Å². The van der Waals surface area contributed by atoms with Crippen LogP contribution in [0.25, 0.3) is 22.4 Å². The molecular formula is C22H19N3O3. The first-order valence-electron chi connectivity index (χ1n) is 8.79. The average Bonchev–Trinajstić information content (AvgIpc) is 3.16. The summed E-state index contributed by atoms with van der Waals surface area (Å²) in [6.45, 7) is 0.224. The van der Waals surface area contributed by atoms with Gasteiger partial charge in [-0.3, -0.25) is 4.79 Å². The molecule has 0 aliphatic rings. The van der Waals surface area contributed by atoms with E-state index >= 15 is 0 Å². The molecule has 3 aromatic carbocycles. The molecule has 0 bridgehead atoms. The van der Waals surface area contributed by atoms with E-state index in [9.17, 15) is 4.79 Å². The summed E-state index contributed by atoms with van der Waals surface area (Å²) in [4.78, 5) is 19.5. The molecule has 4 rings (SSSR count). The molecule has 140 valence electrons. The van der Waals surface area contributed by atoms with Crippen LogP contribution in [0, 0.1) is 0 Å². The highest BCUT2D eigenvalue weighted by atomic mass is 16.5. The van der Waals surface area contributed by atoms with E-state index in [1.807, 2.05) is 42.5 Å². The van der Waals surface area contributed by atoms with Crippen molar-refractivity contribution in [3.8, 4) is 22.9 Å². The molecule has 0 saturated carbocycles. The van der Waals surface area contributed by atoms with Gasteiger partial charge >= 0.3 is 0 Å². The van der Waals surface area contributed by atoms with Gasteiger partial charge in [-0.1, -0.05) is 24.3 Å². The fourth-order valence-electron chi connectivity index (χ4n) is 3.08. The number of hydrogen-bond donors (Lipinski definition) is 2. The molecule has 0 fully saturated rings. The summed E-state index contributed by atoms with van der Waals surface area (Å²) < 4.78 is 11.3. The summed E-state index contributed by atoms with van der Waals surface area (Å²) in [6.07, 6.45) is 0. The fraction of sp³-hybridized carbons (Fsp3) is 0.0909. The first kappa shape index (κ1) is 17.6. The lowest BCUT2D eigenvalue weighted by molar-refractivity contribution is 0.0996. The zero-order valence-corrected chi connectivity index (χ0v) is 15.3. The molecule has 6 nitrogen and oxygen atoms in total. The third kappa shape index (κ3) is 3.40.